The molecule has 1 aromatic carbocycles. The van der Waals surface area contributed by atoms with Gasteiger partial charge >= 0.3 is 5.97 Å². The van der Waals surface area contributed by atoms with E-state index in [0.717, 1.165) is 0 Å². The van der Waals surface area contributed by atoms with Gasteiger partial charge in [-0.1, -0.05) is 0 Å². The fraction of sp³-hybridized carbons (Fsp3) is 0.300. The third-order valence-electron chi connectivity index (χ3n) is 1.79. The Balaban J connectivity index is 2.82. The Hall–Kier alpha value is -1.23. The van der Waals surface area contributed by atoms with Crippen LogP contribution in [-0.4, -0.2) is 24.3 Å². The summed E-state index contributed by atoms with van der Waals surface area (Å²) in [5, 5.41) is 8.67. The third kappa shape index (κ3) is 3.13. The number of halogens is 1. The quantitative estimate of drug-likeness (QED) is 0.916. The van der Waals surface area contributed by atoms with Crippen LogP contribution in [-0.2, 0) is 4.79 Å². The Labute approximate surface area is 95.9 Å². The lowest BCUT2D eigenvalue weighted by molar-refractivity contribution is -0.144. The molecule has 82 valence electrons. The van der Waals surface area contributed by atoms with Gasteiger partial charge in [0.1, 0.15) is 11.5 Å². The highest BCUT2D eigenvalue weighted by Gasteiger charge is 2.14. The van der Waals surface area contributed by atoms with E-state index in [2.05, 4.69) is 15.9 Å². The lowest BCUT2D eigenvalue weighted by atomic mass is 10.3. The number of carboxylic acids is 1. The minimum atomic E-state index is -1.00. The van der Waals surface area contributed by atoms with Crippen LogP contribution in [0, 0.1) is 0 Å². The van der Waals surface area contributed by atoms with Gasteiger partial charge in [0.2, 0.25) is 0 Å². The average Bonchev–Trinajstić information content (AvgIpc) is 2.20. The van der Waals surface area contributed by atoms with Gasteiger partial charge in [-0.05, 0) is 41.1 Å². The zero-order valence-electron chi connectivity index (χ0n) is 8.36. The van der Waals surface area contributed by atoms with E-state index in [9.17, 15) is 4.79 Å². The molecule has 0 saturated heterocycles. The van der Waals surface area contributed by atoms with E-state index in [0.29, 0.717) is 16.0 Å². The van der Waals surface area contributed by atoms with Crippen molar-refractivity contribution in [3.05, 3.63) is 22.7 Å². The first-order valence-corrected chi connectivity index (χ1v) is 5.07. The van der Waals surface area contributed by atoms with Gasteiger partial charge in [-0.25, -0.2) is 4.79 Å². The topological polar surface area (TPSA) is 55.8 Å². The lowest BCUT2D eigenvalue weighted by Crippen LogP contribution is -2.22. The molecule has 0 aromatic heterocycles. The summed E-state index contributed by atoms with van der Waals surface area (Å²) < 4.78 is 10.9. The molecule has 1 atom stereocenters. The summed E-state index contributed by atoms with van der Waals surface area (Å²) in [6, 6.07) is 5.07. The van der Waals surface area contributed by atoms with Crippen molar-refractivity contribution >= 4 is 21.9 Å². The summed E-state index contributed by atoms with van der Waals surface area (Å²) in [6.45, 7) is 1.47. The molecule has 4 nitrogen and oxygen atoms in total. The van der Waals surface area contributed by atoms with Gasteiger partial charge in [0, 0.05) is 0 Å². The number of hydrogen-bond donors (Lipinski definition) is 1. The third-order valence-corrected chi connectivity index (χ3v) is 2.41. The van der Waals surface area contributed by atoms with E-state index in [1.807, 2.05) is 0 Å². The highest BCUT2D eigenvalue weighted by atomic mass is 79.9. The highest BCUT2D eigenvalue weighted by molar-refractivity contribution is 9.10. The van der Waals surface area contributed by atoms with Crippen molar-refractivity contribution in [1.82, 2.24) is 0 Å². The fourth-order valence-corrected chi connectivity index (χ4v) is 1.40. The zero-order chi connectivity index (χ0) is 11.4. The summed E-state index contributed by atoms with van der Waals surface area (Å²) in [6.07, 6.45) is -0.880. The van der Waals surface area contributed by atoms with Gasteiger partial charge in [0.25, 0.3) is 0 Å². The van der Waals surface area contributed by atoms with Gasteiger partial charge in [-0.2, -0.15) is 0 Å². The normalized spacial score (nSPS) is 11.9. The molecule has 1 N–H and O–H groups in total. The van der Waals surface area contributed by atoms with Gasteiger partial charge < -0.3 is 14.6 Å². The van der Waals surface area contributed by atoms with Gasteiger partial charge in [-0.3, -0.25) is 0 Å². The predicted octanol–water partition coefficient (Wildman–Crippen LogP) is 2.31. The largest absolute Gasteiger partial charge is 0.497 e. The van der Waals surface area contributed by atoms with Crippen molar-refractivity contribution in [2.24, 2.45) is 0 Å². The van der Waals surface area contributed by atoms with Crippen molar-refractivity contribution in [1.29, 1.82) is 0 Å². The van der Waals surface area contributed by atoms with Crippen LogP contribution in [0.15, 0.2) is 22.7 Å². The van der Waals surface area contributed by atoms with Crippen molar-refractivity contribution in [2.75, 3.05) is 7.11 Å². The van der Waals surface area contributed by atoms with Crippen LogP contribution in [0.1, 0.15) is 6.92 Å². The molecule has 0 radical (unpaired) electrons. The lowest BCUT2D eigenvalue weighted by Gasteiger charge is -2.12. The molecule has 0 aliphatic carbocycles. The molecule has 0 aliphatic heterocycles. The maximum Gasteiger partial charge on any atom is 0.344 e. The van der Waals surface area contributed by atoms with E-state index in [4.69, 9.17) is 14.6 Å². The number of ether oxygens (including phenoxy) is 2. The molecule has 0 fully saturated rings. The number of carbonyl (C=O) groups is 1. The second-order valence-electron chi connectivity index (χ2n) is 2.89. The van der Waals surface area contributed by atoms with Gasteiger partial charge in [0.05, 0.1) is 11.6 Å². The van der Waals surface area contributed by atoms with Crippen molar-refractivity contribution < 1.29 is 19.4 Å². The number of carboxylic acid groups (broad SMARTS) is 1. The Bertz CT molecular complexity index is 364. The number of methoxy groups -OCH3 is 1. The molecule has 0 saturated carbocycles. The van der Waals surface area contributed by atoms with E-state index in [1.165, 1.54) is 6.92 Å². The summed E-state index contributed by atoms with van der Waals surface area (Å²) in [7, 11) is 1.56. The van der Waals surface area contributed by atoms with Crippen LogP contribution in [0.5, 0.6) is 11.5 Å². The number of aliphatic carboxylic acids is 1. The maximum absolute atomic E-state index is 10.6. The molecule has 5 heteroatoms. The zero-order valence-corrected chi connectivity index (χ0v) is 9.95. The molecule has 0 bridgehead atoms. The SMILES string of the molecule is COc1ccc(O[C@H](C)C(=O)O)c(Br)c1. The van der Waals surface area contributed by atoms with Crippen LogP contribution >= 0.6 is 15.9 Å². The van der Waals surface area contributed by atoms with E-state index >= 15 is 0 Å². The monoisotopic (exact) mass is 274 g/mol. The van der Waals surface area contributed by atoms with Crippen LogP contribution in [0.2, 0.25) is 0 Å². The predicted molar refractivity (Wildman–Crippen MR) is 58.4 cm³/mol. The van der Waals surface area contributed by atoms with Crippen LogP contribution in [0.3, 0.4) is 0 Å². The van der Waals surface area contributed by atoms with E-state index < -0.39 is 12.1 Å². The summed E-state index contributed by atoms with van der Waals surface area (Å²) in [5.41, 5.74) is 0. The maximum atomic E-state index is 10.6. The first-order valence-electron chi connectivity index (χ1n) is 4.27. The fourth-order valence-electron chi connectivity index (χ4n) is 0.945. The molecular weight excluding hydrogens is 264 g/mol. The molecule has 0 unspecified atom stereocenters. The number of hydrogen-bond acceptors (Lipinski definition) is 3. The van der Waals surface area contributed by atoms with Crippen molar-refractivity contribution in [2.45, 2.75) is 13.0 Å². The number of rotatable bonds is 4. The summed E-state index contributed by atoms with van der Waals surface area (Å²) in [4.78, 5) is 10.6. The minimum absolute atomic E-state index is 0.478. The van der Waals surface area contributed by atoms with Crippen LogP contribution in [0.4, 0.5) is 0 Å². The second kappa shape index (κ2) is 5.02. The van der Waals surface area contributed by atoms with Crippen LogP contribution in [0.25, 0.3) is 0 Å². The first-order chi connectivity index (χ1) is 7.04. The Kier molecular flexibility index (Phi) is 3.96. The summed E-state index contributed by atoms with van der Waals surface area (Å²) in [5.74, 6) is 0.153. The second-order valence-corrected chi connectivity index (χ2v) is 3.75. The summed E-state index contributed by atoms with van der Waals surface area (Å²) >= 11 is 3.27. The molecule has 15 heavy (non-hydrogen) atoms. The molecule has 0 aliphatic rings. The van der Waals surface area contributed by atoms with Crippen molar-refractivity contribution in [3.8, 4) is 11.5 Å². The number of benzene rings is 1. The Morgan fingerprint density at radius 1 is 1.53 bits per heavy atom. The molecule has 0 spiro atoms. The Morgan fingerprint density at radius 3 is 2.67 bits per heavy atom. The highest BCUT2D eigenvalue weighted by Crippen LogP contribution is 2.29. The molecule has 0 amide bonds. The molecule has 0 heterocycles. The van der Waals surface area contributed by atoms with E-state index in [1.54, 1.807) is 25.3 Å². The van der Waals surface area contributed by atoms with E-state index in [-0.39, 0.29) is 0 Å². The van der Waals surface area contributed by atoms with Crippen molar-refractivity contribution in [3.63, 3.8) is 0 Å². The minimum Gasteiger partial charge on any atom is -0.497 e. The average molecular weight is 275 g/mol. The first kappa shape index (κ1) is 11.8. The standard InChI is InChI=1S/C10H11BrO4/c1-6(10(12)13)15-9-4-3-7(14-2)5-8(9)11/h3-6H,1-2H3,(H,12,13)/t6-/m1/s1. The van der Waals surface area contributed by atoms with Gasteiger partial charge in [0.15, 0.2) is 6.10 Å². The van der Waals surface area contributed by atoms with Crippen LogP contribution < -0.4 is 9.47 Å². The molecule has 1 rings (SSSR count). The smallest absolute Gasteiger partial charge is 0.344 e. The molecule has 1 aromatic rings. The van der Waals surface area contributed by atoms with Gasteiger partial charge in [-0.15, -0.1) is 0 Å². The molecular formula is C10H11BrO4. The Morgan fingerprint density at radius 2 is 2.20 bits per heavy atom.